The van der Waals surface area contributed by atoms with Gasteiger partial charge in [0.15, 0.2) is 0 Å². The minimum atomic E-state index is -0.267. The highest BCUT2D eigenvalue weighted by Crippen LogP contribution is 2.23. The van der Waals surface area contributed by atoms with Crippen molar-refractivity contribution in [3.05, 3.63) is 35.6 Å². The fourth-order valence-electron chi connectivity index (χ4n) is 3.02. The Labute approximate surface area is 125 Å². The molecule has 0 aromatic heterocycles. The normalized spacial score (nSPS) is 22.6. The van der Waals surface area contributed by atoms with Gasteiger partial charge in [0.1, 0.15) is 5.82 Å². The Kier molecular flexibility index (Phi) is 6.18. The molecule has 0 spiro atoms. The zero-order chi connectivity index (χ0) is 15.1. The maximum atomic E-state index is 13.1. The van der Waals surface area contributed by atoms with Crippen LogP contribution in [-0.4, -0.2) is 23.7 Å². The summed E-state index contributed by atoms with van der Waals surface area (Å²) >= 11 is 0. The van der Waals surface area contributed by atoms with Gasteiger partial charge in [-0.15, -0.1) is 0 Å². The second kappa shape index (κ2) is 8.13. The van der Waals surface area contributed by atoms with Gasteiger partial charge in [0.25, 0.3) is 0 Å². The Morgan fingerprint density at radius 1 is 1.29 bits per heavy atom. The van der Waals surface area contributed by atoms with Crippen LogP contribution in [0.5, 0.6) is 0 Å². The number of rotatable bonds is 5. The summed E-state index contributed by atoms with van der Waals surface area (Å²) in [6.45, 7) is 0.134. The summed E-state index contributed by atoms with van der Waals surface area (Å²) in [5, 5.41) is 12.5. The molecule has 2 atom stereocenters. The highest BCUT2D eigenvalue weighted by molar-refractivity contribution is 5.76. The summed E-state index contributed by atoms with van der Waals surface area (Å²) in [7, 11) is 0. The average Bonchev–Trinajstić information content (AvgIpc) is 2.70. The molecule has 1 aliphatic rings. The number of carbonyl (C=O) groups is 1. The maximum absolute atomic E-state index is 13.1. The molecule has 3 nitrogen and oxygen atoms in total. The van der Waals surface area contributed by atoms with Crippen LogP contribution in [-0.2, 0) is 11.2 Å². The van der Waals surface area contributed by atoms with E-state index < -0.39 is 0 Å². The minimum Gasteiger partial charge on any atom is -0.396 e. The Balaban J connectivity index is 1.82. The Morgan fingerprint density at radius 3 is 2.86 bits per heavy atom. The molecule has 0 heterocycles. The summed E-state index contributed by atoms with van der Waals surface area (Å²) in [5.41, 5.74) is 0.838. The predicted octanol–water partition coefficient (Wildman–Crippen LogP) is 2.82. The number of amides is 1. The summed E-state index contributed by atoms with van der Waals surface area (Å²) in [6.07, 6.45) is 6.22. The number of aliphatic hydroxyl groups is 1. The first-order chi connectivity index (χ1) is 10.2. The number of halogens is 1. The van der Waals surface area contributed by atoms with E-state index in [-0.39, 0.29) is 30.3 Å². The van der Waals surface area contributed by atoms with Crippen LogP contribution >= 0.6 is 0 Å². The van der Waals surface area contributed by atoms with E-state index in [0.717, 1.165) is 31.2 Å². The highest BCUT2D eigenvalue weighted by Gasteiger charge is 2.24. The molecule has 1 saturated carbocycles. The average molecular weight is 293 g/mol. The van der Waals surface area contributed by atoms with Crippen LogP contribution in [0.1, 0.15) is 44.1 Å². The first-order valence-electron chi connectivity index (χ1n) is 7.83. The van der Waals surface area contributed by atoms with Gasteiger partial charge in [-0.2, -0.15) is 0 Å². The molecule has 1 fully saturated rings. The van der Waals surface area contributed by atoms with Crippen molar-refractivity contribution in [3.8, 4) is 0 Å². The van der Waals surface area contributed by atoms with E-state index >= 15 is 0 Å². The van der Waals surface area contributed by atoms with E-state index in [4.69, 9.17) is 0 Å². The largest absolute Gasteiger partial charge is 0.396 e. The molecule has 0 saturated heterocycles. The molecule has 4 heteroatoms. The number of aliphatic hydroxyl groups excluding tert-OH is 1. The Morgan fingerprint density at radius 2 is 2.10 bits per heavy atom. The van der Waals surface area contributed by atoms with E-state index in [2.05, 4.69) is 5.32 Å². The molecule has 1 aliphatic carbocycles. The van der Waals surface area contributed by atoms with Gasteiger partial charge in [-0.05, 0) is 37.0 Å². The quantitative estimate of drug-likeness (QED) is 0.820. The Hall–Kier alpha value is -1.42. The van der Waals surface area contributed by atoms with E-state index in [1.54, 1.807) is 6.07 Å². The van der Waals surface area contributed by atoms with E-state index in [1.165, 1.54) is 18.6 Å². The zero-order valence-electron chi connectivity index (χ0n) is 12.4. The van der Waals surface area contributed by atoms with Gasteiger partial charge in [-0.25, -0.2) is 4.39 Å². The van der Waals surface area contributed by atoms with Crippen molar-refractivity contribution < 1.29 is 14.3 Å². The lowest BCUT2D eigenvalue weighted by molar-refractivity contribution is -0.122. The van der Waals surface area contributed by atoms with Gasteiger partial charge in [0.05, 0.1) is 0 Å². The molecule has 1 aromatic carbocycles. The third kappa shape index (κ3) is 5.12. The molecule has 2 N–H and O–H groups in total. The molecule has 1 amide bonds. The fraction of sp³-hybridized carbons (Fsp3) is 0.588. The standard InChI is InChI=1S/C17H24FNO2/c18-15-7-4-5-13(11-15)9-10-17(21)19-16-8-3-1-2-6-14(16)12-20/h4-5,7,11,14,16,20H,1-3,6,8-10,12H2,(H,19,21). The molecule has 0 radical (unpaired) electrons. The number of hydrogen-bond acceptors (Lipinski definition) is 2. The molecule has 1 aromatic rings. The lowest BCUT2D eigenvalue weighted by atomic mass is 9.95. The predicted molar refractivity (Wildman–Crippen MR) is 80.3 cm³/mol. The number of hydrogen-bond donors (Lipinski definition) is 2. The van der Waals surface area contributed by atoms with Crippen molar-refractivity contribution in [2.45, 2.75) is 51.0 Å². The van der Waals surface area contributed by atoms with Crippen LogP contribution in [0.4, 0.5) is 4.39 Å². The first kappa shape index (κ1) is 16.0. The summed E-state index contributed by atoms with van der Waals surface area (Å²) in [6, 6.07) is 6.45. The van der Waals surface area contributed by atoms with Crippen LogP contribution in [0.2, 0.25) is 0 Å². The van der Waals surface area contributed by atoms with Gasteiger partial charge >= 0.3 is 0 Å². The van der Waals surface area contributed by atoms with Gasteiger partial charge < -0.3 is 10.4 Å². The number of benzene rings is 1. The number of aryl methyl sites for hydroxylation is 1. The SMILES string of the molecule is O=C(CCc1cccc(F)c1)NC1CCCCCC1CO. The van der Waals surface area contributed by atoms with Crippen LogP contribution in [0.15, 0.2) is 24.3 Å². The lowest BCUT2D eigenvalue weighted by Gasteiger charge is -2.24. The number of carbonyl (C=O) groups excluding carboxylic acids is 1. The molecule has 116 valence electrons. The van der Waals surface area contributed by atoms with Crippen molar-refractivity contribution >= 4 is 5.91 Å². The van der Waals surface area contributed by atoms with E-state index in [9.17, 15) is 14.3 Å². The van der Waals surface area contributed by atoms with E-state index in [1.807, 2.05) is 6.07 Å². The van der Waals surface area contributed by atoms with Crippen LogP contribution in [0.25, 0.3) is 0 Å². The summed E-state index contributed by atoms with van der Waals surface area (Å²) in [4.78, 5) is 12.1. The third-order valence-electron chi connectivity index (χ3n) is 4.27. The molecule has 2 rings (SSSR count). The van der Waals surface area contributed by atoms with E-state index in [0.29, 0.717) is 12.8 Å². The van der Waals surface area contributed by atoms with Gasteiger partial charge in [-0.3, -0.25) is 4.79 Å². The summed E-state index contributed by atoms with van der Waals surface area (Å²) < 4.78 is 13.1. The number of nitrogens with one attached hydrogen (secondary N) is 1. The second-order valence-corrected chi connectivity index (χ2v) is 5.88. The smallest absolute Gasteiger partial charge is 0.220 e. The Bertz CT molecular complexity index is 464. The second-order valence-electron chi connectivity index (χ2n) is 5.88. The monoisotopic (exact) mass is 293 g/mol. The van der Waals surface area contributed by atoms with Crippen LogP contribution in [0.3, 0.4) is 0 Å². The van der Waals surface area contributed by atoms with Gasteiger partial charge in [0, 0.05) is 25.0 Å². The van der Waals surface area contributed by atoms with Gasteiger partial charge in [0.2, 0.25) is 5.91 Å². The minimum absolute atomic E-state index is 0.00962. The van der Waals surface area contributed by atoms with Crippen molar-refractivity contribution in [2.75, 3.05) is 6.61 Å². The molecule has 21 heavy (non-hydrogen) atoms. The van der Waals surface area contributed by atoms with Crippen molar-refractivity contribution in [1.29, 1.82) is 0 Å². The molecule has 0 aliphatic heterocycles. The highest BCUT2D eigenvalue weighted by atomic mass is 19.1. The van der Waals surface area contributed by atoms with Crippen molar-refractivity contribution in [2.24, 2.45) is 5.92 Å². The van der Waals surface area contributed by atoms with Crippen molar-refractivity contribution in [1.82, 2.24) is 5.32 Å². The first-order valence-corrected chi connectivity index (χ1v) is 7.83. The topological polar surface area (TPSA) is 49.3 Å². The third-order valence-corrected chi connectivity index (χ3v) is 4.27. The van der Waals surface area contributed by atoms with Gasteiger partial charge in [-0.1, -0.05) is 31.4 Å². The summed E-state index contributed by atoms with van der Waals surface area (Å²) in [5.74, 6) is -0.104. The van der Waals surface area contributed by atoms with Crippen LogP contribution < -0.4 is 5.32 Å². The lowest BCUT2D eigenvalue weighted by Crippen LogP contribution is -2.41. The molecular weight excluding hydrogens is 269 g/mol. The maximum Gasteiger partial charge on any atom is 0.220 e. The zero-order valence-corrected chi connectivity index (χ0v) is 12.4. The van der Waals surface area contributed by atoms with Crippen LogP contribution in [0, 0.1) is 11.7 Å². The fourth-order valence-corrected chi connectivity index (χ4v) is 3.02. The molecule has 0 bridgehead atoms. The van der Waals surface area contributed by atoms with Crippen molar-refractivity contribution in [3.63, 3.8) is 0 Å². The molecular formula is C17H24FNO2. The molecule has 2 unspecified atom stereocenters.